The SMILES string of the molecule is Cc1ccc(Cl)cc1NC(=O)N1Cc2c(sc3c2CCCC3)-n2cccc2C1c1ccccc1. The molecule has 0 saturated heterocycles. The Morgan fingerprint density at radius 3 is 2.71 bits per heavy atom. The Hall–Kier alpha value is -3.02. The molecule has 0 fully saturated rings. The third-order valence-corrected chi connectivity index (χ3v) is 8.56. The smallest absolute Gasteiger partial charge is 0.310 e. The van der Waals surface area contributed by atoms with E-state index < -0.39 is 0 Å². The topological polar surface area (TPSA) is 37.3 Å². The number of carbonyl (C=O) groups excluding carboxylic acids is 1. The lowest BCUT2D eigenvalue weighted by Gasteiger charge is -2.31. The molecule has 3 heterocycles. The molecule has 0 spiro atoms. The van der Waals surface area contributed by atoms with Crippen molar-refractivity contribution in [1.29, 1.82) is 0 Å². The predicted octanol–water partition coefficient (Wildman–Crippen LogP) is 7.52. The van der Waals surface area contributed by atoms with Gasteiger partial charge < -0.3 is 14.8 Å². The molecule has 1 N–H and O–H groups in total. The Labute approximate surface area is 208 Å². The van der Waals surface area contributed by atoms with Crippen molar-refractivity contribution in [3.63, 3.8) is 0 Å². The number of carbonyl (C=O) groups is 1. The second-order valence-electron chi connectivity index (χ2n) is 9.13. The molecule has 2 amide bonds. The molecule has 6 heteroatoms. The molecule has 0 bridgehead atoms. The van der Waals surface area contributed by atoms with Crippen LogP contribution in [0.15, 0.2) is 66.9 Å². The van der Waals surface area contributed by atoms with Crippen molar-refractivity contribution < 1.29 is 4.79 Å². The zero-order valence-corrected chi connectivity index (χ0v) is 20.6. The number of nitrogens with zero attached hydrogens (tertiary/aromatic N) is 2. The number of fused-ring (bicyclic) bond motifs is 5. The van der Waals surface area contributed by atoms with Gasteiger partial charge in [0.2, 0.25) is 0 Å². The molecule has 1 aliphatic carbocycles. The van der Waals surface area contributed by atoms with E-state index in [1.54, 1.807) is 0 Å². The number of halogens is 1. The first-order valence-corrected chi connectivity index (χ1v) is 13.0. The van der Waals surface area contributed by atoms with Crippen LogP contribution in [0.4, 0.5) is 10.5 Å². The third-order valence-electron chi connectivity index (χ3n) is 7.00. The van der Waals surface area contributed by atoms with Gasteiger partial charge in [0, 0.05) is 27.3 Å². The van der Waals surface area contributed by atoms with Crippen LogP contribution in [-0.2, 0) is 19.4 Å². The minimum atomic E-state index is -0.200. The zero-order chi connectivity index (χ0) is 23.2. The Bertz CT molecular complexity index is 1370. The number of hydrogen-bond acceptors (Lipinski definition) is 2. The maximum absolute atomic E-state index is 14.0. The van der Waals surface area contributed by atoms with Crippen LogP contribution in [0.25, 0.3) is 5.00 Å². The molecule has 0 saturated carbocycles. The number of aromatic nitrogens is 1. The quantitative estimate of drug-likeness (QED) is 0.312. The standard InChI is InChI=1S/C28H26ClN3OS/c1-18-13-14-20(29)16-23(18)30-28(33)32-17-22-21-10-5-6-12-25(21)34-27(22)31-15-7-11-24(31)26(32)19-8-3-2-4-9-19/h2-4,7-9,11,13-16,26H,5-6,10,12,17H2,1H3,(H,30,33). The zero-order valence-electron chi connectivity index (χ0n) is 19.1. The second kappa shape index (κ2) is 8.64. The number of anilines is 1. The average molecular weight is 488 g/mol. The van der Waals surface area contributed by atoms with Crippen molar-refractivity contribution in [1.82, 2.24) is 9.47 Å². The van der Waals surface area contributed by atoms with Crippen LogP contribution in [0.1, 0.15) is 51.7 Å². The summed E-state index contributed by atoms with van der Waals surface area (Å²) in [5, 5.41) is 5.05. The van der Waals surface area contributed by atoms with Gasteiger partial charge in [0.1, 0.15) is 5.00 Å². The lowest BCUT2D eigenvalue weighted by molar-refractivity contribution is 0.194. The molecule has 1 unspecified atom stereocenters. The second-order valence-corrected chi connectivity index (χ2v) is 10.6. The molecule has 1 atom stereocenters. The van der Waals surface area contributed by atoms with Crippen molar-refractivity contribution in [3.8, 4) is 5.00 Å². The highest BCUT2D eigenvalue weighted by Gasteiger charge is 2.36. The van der Waals surface area contributed by atoms with Crippen LogP contribution in [-0.4, -0.2) is 15.5 Å². The molecule has 0 radical (unpaired) electrons. The fourth-order valence-electron chi connectivity index (χ4n) is 5.29. The maximum atomic E-state index is 14.0. The number of thiophene rings is 1. The van der Waals surface area contributed by atoms with Crippen LogP contribution in [0.3, 0.4) is 0 Å². The first-order chi connectivity index (χ1) is 16.6. The summed E-state index contributed by atoms with van der Waals surface area (Å²) in [5.74, 6) is 0. The number of benzene rings is 2. The van der Waals surface area contributed by atoms with E-state index >= 15 is 0 Å². The van der Waals surface area contributed by atoms with E-state index in [-0.39, 0.29) is 12.1 Å². The number of urea groups is 1. The Morgan fingerprint density at radius 2 is 1.85 bits per heavy atom. The Balaban J connectivity index is 1.50. The third kappa shape index (κ3) is 3.64. The average Bonchev–Trinajstić information content (AvgIpc) is 3.44. The summed E-state index contributed by atoms with van der Waals surface area (Å²) >= 11 is 8.16. The first kappa shape index (κ1) is 21.5. The van der Waals surface area contributed by atoms with Gasteiger partial charge in [-0.05, 0) is 73.6 Å². The van der Waals surface area contributed by atoms with E-state index in [1.807, 2.05) is 59.6 Å². The maximum Gasteiger partial charge on any atom is 0.322 e. The highest BCUT2D eigenvalue weighted by atomic mass is 35.5. The lowest BCUT2D eigenvalue weighted by atomic mass is 9.95. The molecule has 6 rings (SSSR count). The fourth-order valence-corrected chi connectivity index (χ4v) is 6.86. The van der Waals surface area contributed by atoms with Gasteiger partial charge in [0.25, 0.3) is 0 Å². The van der Waals surface area contributed by atoms with E-state index in [4.69, 9.17) is 11.6 Å². The fraction of sp³-hybridized carbons (Fsp3) is 0.250. The molecule has 34 heavy (non-hydrogen) atoms. The van der Waals surface area contributed by atoms with E-state index in [0.717, 1.165) is 35.3 Å². The normalized spacial score (nSPS) is 16.9. The van der Waals surface area contributed by atoms with Crippen LogP contribution in [0, 0.1) is 6.92 Å². The van der Waals surface area contributed by atoms with Crippen LogP contribution in [0.2, 0.25) is 5.02 Å². The number of rotatable bonds is 2. The van der Waals surface area contributed by atoms with Gasteiger partial charge in [0.15, 0.2) is 0 Å². The Kier molecular flexibility index (Phi) is 5.47. The summed E-state index contributed by atoms with van der Waals surface area (Å²) in [6.07, 6.45) is 6.84. The van der Waals surface area contributed by atoms with Crippen molar-refractivity contribution in [2.45, 2.75) is 45.2 Å². The summed E-state index contributed by atoms with van der Waals surface area (Å²) in [4.78, 5) is 17.4. The van der Waals surface area contributed by atoms with E-state index in [0.29, 0.717) is 11.6 Å². The highest BCUT2D eigenvalue weighted by molar-refractivity contribution is 7.15. The van der Waals surface area contributed by atoms with Crippen molar-refractivity contribution >= 4 is 34.7 Å². The van der Waals surface area contributed by atoms with Crippen molar-refractivity contribution in [3.05, 3.63) is 105 Å². The highest BCUT2D eigenvalue weighted by Crippen LogP contribution is 2.44. The molecule has 4 aromatic rings. The molecule has 2 aliphatic rings. The Morgan fingerprint density at radius 1 is 1.03 bits per heavy atom. The van der Waals surface area contributed by atoms with Gasteiger partial charge >= 0.3 is 6.03 Å². The van der Waals surface area contributed by atoms with Gasteiger partial charge in [-0.1, -0.05) is 48.0 Å². The van der Waals surface area contributed by atoms with Crippen LogP contribution >= 0.6 is 22.9 Å². The monoisotopic (exact) mass is 487 g/mol. The molecule has 2 aromatic heterocycles. The molecule has 172 valence electrons. The van der Waals surface area contributed by atoms with Crippen LogP contribution < -0.4 is 5.32 Å². The molecular weight excluding hydrogens is 462 g/mol. The molecule has 2 aromatic carbocycles. The number of hydrogen-bond donors (Lipinski definition) is 1. The number of aryl methyl sites for hydroxylation is 2. The minimum absolute atomic E-state index is 0.115. The minimum Gasteiger partial charge on any atom is -0.310 e. The summed E-state index contributed by atoms with van der Waals surface area (Å²) < 4.78 is 2.31. The van der Waals surface area contributed by atoms with Crippen molar-refractivity contribution in [2.24, 2.45) is 0 Å². The van der Waals surface area contributed by atoms with Gasteiger partial charge in [0.05, 0.1) is 18.3 Å². The van der Waals surface area contributed by atoms with E-state index in [1.165, 1.54) is 33.8 Å². The summed E-state index contributed by atoms with van der Waals surface area (Å²) in [5.41, 5.74) is 6.70. The van der Waals surface area contributed by atoms with Gasteiger partial charge in [-0.15, -0.1) is 11.3 Å². The van der Waals surface area contributed by atoms with Crippen LogP contribution in [0.5, 0.6) is 0 Å². The van der Waals surface area contributed by atoms with Gasteiger partial charge in [-0.2, -0.15) is 0 Å². The first-order valence-electron chi connectivity index (χ1n) is 11.8. The van der Waals surface area contributed by atoms with Gasteiger partial charge in [-0.3, -0.25) is 0 Å². The summed E-state index contributed by atoms with van der Waals surface area (Å²) in [6, 6.07) is 19.9. The van der Waals surface area contributed by atoms with E-state index in [2.05, 4.69) is 40.3 Å². The lowest BCUT2D eigenvalue weighted by Crippen LogP contribution is -2.38. The summed E-state index contributed by atoms with van der Waals surface area (Å²) in [6.45, 7) is 2.56. The molecular formula is C28H26ClN3OS. The predicted molar refractivity (Wildman–Crippen MR) is 139 cm³/mol. The van der Waals surface area contributed by atoms with E-state index in [9.17, 15) is 4.79 Å². The number of nitrogens with one attached hydrogen (secondary N) is 1. The number of amides is 2. The van der Waals surface area contributed by atoms with Crippen molar-refractivity contribution in [2.75, 3.05) is 5.32 Å². The van der Waals surface area contributed by atoms with Gasteiger partial charge in [-0.25, -0.2) is 4.79 Å². The summed E-state index contributed by atoms with van der Waals surface area (Å²) in [7, 11) is 0. The molecule has 4 nitrogen and oxygen atoms in total. The molecule has 1 aliphatic heterocycles. The largest absolute Gasteiger partial charge is 0.322 e.